The van der Waals surface area contributed by atoms with E-state index < -0.39 is 10.0 Å². The number of nitrogens with one attached hydrogen (secondary N) is 2. The molecule has 0 saturated carbocycles. The van der Waals surface area contributed by atoms with Crippen LogP contribution >= 0.6 is 12.2 Å². The van der Waals surface area contributed by atoms with Crippen molar-refractivity contribution in [3.63, 3.8) is 0 Å². The van der Waals surface area contributed by atoms with E-state index in [1.807, 2.05) is 24.3 Å². The van der Waals surface area contributed by atoms with Gasteiger partial charge in [-0.05, 0) is 85.7 Å². The number of fused-ring (bicyclic) bond motifs is 1. The number of Topliss-reactive ketones (excluding diaryl/α,β-unsaturated/α-hetero) is 1. The number of hydrogen-bond acceptors (Lipinski definition) is 4. The van der Waals surface area contributed by atoms with Crippen LogP contribution in [0.2, 0.25) is 0 Å². The summed E-state index contributed by atoms with van der Waals surface area (Å²) in [6.45, 7) is 1.96. The van der Waals surface area contributed by atoms with E-state index in [1.54, 1.807) is 48.5 Å². The third kappa shape index (κ3) is 4.45. The molecule has 0 radical (unpaired) electrons. The van der Waals surface area contributed by atoms with Crippen LogP contribution < -0.4 is 14.9 Å². The Balaban J connectivity index is 1.43. The summed E-state index contributed by atoms with van der Waals surface area (Å²) in [6, 6.07) is 21.1. The van der Waals surface area contributed by atoms with Crippen LogP contribution in [-0.2, 0) is 16.4 Å². The van der Waals surface area contributed by atoms with Gasteiger partial charge in [0.15, 0.2) is 10.9 Å². The molecule has 0 saturated heterocycles. The van der Waals surface area contributed by atoms with Crippen molar-refractivity contribution in [1.82, 2.24) is 0 Å². The molecular weight excluding hydrogens is 430 g/mol. The van der Waals surface area contributed by atoms with E-state index in [0.29, 0.717) is 29.3 Å². The Labute approximate surface area is 187 Å². The fraction of sp³-hybridized carbons (Fsp3) is 0.130. The lowest BCUT2D eigenvalue weighted by atomic mass is 10.1. The fourth-order valence-electron chi connectivity index (χ4n) is 3.48. The predicted molar refractivity (Wildman–Crippen MR) is 127 cm³/mol. The maximum absolute atomic E-state index is 13.1. The second-order valence-electron chi connectivity index (χ2n) is 7.19. The number of ketones is 1. The smallest absolute Gasteiger partial charge is 0.264 e. The summed E-state index contributed by atoms with van der Waals surface area (Å²) in [7, 11) is -3.63. The van der Waals surface area contributed by atoms with Gasteiger partial charge in [0.1, 0.15) is 0 Å². The molecule has 0 bridgehead atoms. The molecule has 0 spiro atoms. The number of sulfonamides is 1. The van der Waals surface area contributed by atoms with Crippen LogP contribution in [0.4, 0.5) is 17.1 Å². The molecule has 0 aliphatic carbocycles. The largest absolute Gasteiger partial charge is 0.332 e. The zero-order valence-electron chi connectivity index (χ0n) is 16.8. The number of anilines is 3. The molecule has 4 rings (SSSR count). The third-order valence-corrected chi connectivity index (χ3v) is 7.13. The van der Waals surface area contributed by atoms with Crippen LogP contribution in [0.1, 0.15) is 22.8 Å². The minimum atomic E-state index is -3.63. The van der Waals surface area contributed by atoms with Gasteiger partial charge in [0.25, 0.3) is 10.0 Å². The number of rotatable bonds is 5. The summed E-state index contributed by atoms with van der Waals surface area (Å²) >= 11 is 5.32. The van der Waals surface area contributed by atoms with Crippen molar-refractivity contribution < 1.29 is 13.2 Å². The molecule has 1 aliphatic rings. The first-order chi connectivity index (χ1) is 14.8. The highest BCUT2D eigenvalue weighted by molar-refractivity contribution is 7.92. The highest BCUT2D eigenvalue weighted by Crippen LogP contribution is 2.32. The van der Waals surface area contributed by atoms with E-state index in [1.165, 1.54) is 11.2 Å². The molecule has 2 N–H and O–H groups in total. The molecule has 0 unspecified atom stereocenters. The Bertz CT molecular complexity index is 1240. The molecule has 0 atom stereocenters. The summed E-state index contributed by atoms with van der Waals surface area (Å²) in [6.07, 6.45) is 0.711. The van der Waals surface area contributed by atoms with Gasteiger partial charge >= 0.3 is 0 Å². The Morgan fingerprint density at radius 3 is 2.10 bits per heavy atom. The second-order valence-corrected chi connectivity index (χ2v) is 9.46. The van der Waals surface area contributed by atoms with Crippen LogP contribution in [0.3, 0.4) is 0 Å². The summed E-state index contributed by atoms with van der Waals surface area (Å²) in [5.74, 6) is -0.000267. The molecule has 3 aromatic carbocycles. The lowest BCUT2D eigenvalue weighted by Gasteiger charge is -2.20. The highest BCUT2D eigenvalue weighted by atomic mass is 32.2. The van der Waals surface area contributed by atoms with Gasteiger partial charge in [-0.25, -0.2) is 8.42 Å². The van der Waals surface area contributed by atoms with Gasteiger partial charge in [0.05, 0.1) is 10.6 Å². The number of thiocarbonyl (C=S) groups is 1. The number of carbonyl (C=O) groups is 1. The van der Waals surface area contributed by atoms with Gasteiger partial charge < -0.3 is 10.6 Å². The van der Waals surface area contributed by atoms with Gasteiger partial charge in [-0.3, -0.25) is 9.10 Å². The molecule has 158 valence electrons. The fourth-order valence-corrected chi connectivity index (χ4v) is 5.22. The lowest BCUT2D eigenvalue weighted by Crippen LogP contribution is -2.29. The van der Waals surface area contributed by atoms with Crippen LogP contribution in [0.15, 0.2) is 77.7 Å². The Kier molecular flexibility index (Phi) is 5.75. The van der Waals surface area contributed by atoms with E-state index >= 15 is 0 Å². The molecule has 3 aromatic rings. The van der Waals surface area contributed by atoms with Crippen molar-refractivity contribution in [3.05, 3.63) is 83.9 Å². The van der Waals surface area contributed by atoms with E-state index in [9.17, 15) is 13.2 Å². The molecular formula is C23H21N3O3S2. The summed E-state index contributed by atoms with van der Waals surface area (Å²) in [5, 5.41) is 6.44. The standard InChI is InChI=1S/C23H21N3O3S2/c1-16(27)17-6-8-19(9-7-17)24-23(30)25-20-10-12-21(13-11-20)31(28,29)26-15-14-18-4-2-3-5-22(18)26/h2-13H,14-15H2,1H3,(H2,24,25,30). The Morgan fingerprint density at radius 2 is 1.48 bits per heavy atom. The van der Waals surface area contributed by atoms with Crippen LogP contribution in [0.25, 0.3) is 0 Å². The Morgan fingerprint density at radius 1 is 0.903 bits per heavy atom. The molecule has 1 aliphatic heterocycles. The first-order valence-corrected chi connectivity index (χ1v) is 11.6. The van der Waals surface area contributed by atoms with Gasteiger partial charge in [-0.15, -0.1) is 0 Å². The van der Waals surface area contributed by atoms with E-state index in [2.05, 4.69) is 10.6 Å². The maximum atomic E-state index is 13.1. The highest BCUT2D eigenvalue weighted by Gasteiger charge is 2.30. The molecule has 0 fully saturated rings. The zero-order valence-corrected chi connectivity index (χ0v) is 18.5. The molecule has 31 heavy (non-hydrogen) atoms. The quantitative estimate of drug-likeness (QED) is 0.441. The summed E-state index contributed by atoms with van der Waals surface area (Å²) in [5.41, 5.74) is 3.82. The number of benzene rings is 3. The first kappa shape index (κ1) is 21.0. The molecule has 6 nitrogen and oxygen atoms in total. The van der Waals surface area contributed by atoms with Crippen LogP contribution in [0, 0.1) is 0 Å². The van der Waals surface area contributed by atoms with Crippen molar-refractivity contribution in [2.75, 3.05) is 21.5 Å². The SMILES string of the molecule is CC(=O)c1ccc(NC(=S)Nc2ccc(S(=O)(=O)N3CCc4ccccc43)cc2)cc1. The Hall–Kier alpha value is -3.23. The normalized spacial score (nSPS) is 12.9. The molecule has 0 aromatic heterocycles. The average Bonchev–Trinajstić information content (AvgIpc) is 3.19. The molecule has 1 heterocycles. The summed E-state index contributed by atoms with van der Waals surface area (Å²) in [4.78, 5) is 11.6. The minimum Gasteiger partial charge on any atom is -0.332 e. The van der Waals surface area contributed by atoms with Gasteiger partial charge in [-0.1, -0.05) is 18.2 Å². The molecule has 8 heteroatoms. The van der Waals surface area contributed by atoms with E-state index in [0.717, 1.165) is 16.9 Å². The predicted octanol–water partition coefficient (Wildman–Crippen LogP) is 4.45. The van der Waals surface area contributed by atoms with Crippen molar-refractivity contribution in [2.24, 2.45) is 0 Å². The summed E-state index contributed by atoms with van der Waals surface area (Å²) < 4.78 is 27.6. The van der Waals surface area contributed by atoms with Crippen LogP contribution in [-0.4, -0.2) is 25.9 Å². The van der Waals surface area contributed by atoms with Crippen molar-refractivity contribution in [3.8, 4) is 0 Å². The monoisotopic (exact) mass is 451 g/mol. The number of para-hydroxylation sites is 1. The van der Waals surface area contributed by atoms with E-state index in [-0.39, 0.29) is 10.7 Å². The average molecular weight is 452 g/mol. The van der Waals surface area contributed by atoms with Gasteiger partial charge in [0, 0.05) is 23.5 Å². The number of nitrogens with zero attached hydrogens (tertiary/aromatic N) is 1. The van der Waals surface area contributed by atoms with Crippen molar-refractivity contribution in [1.29, 1.82) is 0 Å². The maximum Gasteiger partial charge on any atom is 0.264 e. The number of hydrogen-bond donors (Lipinski definition) is 2. The van der Waals surface area contributed by atoms with Gasteiger partial charge in [0.2, 0.25) is 0 Å². The number of carbonyl (C=O) groups excluding carboxylic acids is 1. The van der Waals surface area contributed by atoms with Crippen LogP contribution in [0.5, 0.6) is 0 Å². The third-order valence-electron chi connectivity index (χ3n) is 5.09. The minimum absolute atomic E-state index is 0.000267. The van der Waals surface area contributed by atoms with Gasteiger partial charge in [-0.2, -0.15) is 0 Å². The van der Waals surface area contributed by atoms with Crippen molar-refractivity contribution in [2.45, 2.75) is 18.2 Å². The first-order valence-electron chi connectivity index (χ1n) is 9.74. The van der Waals surface area contributed by atoms with E-state index in [4.69, 9.17) is 12.2 Å². The lowest BCUT2D eigenvalue weighted by molar-refractivity contribution is 0.101. The zero-order chi connectivity index (χ0) is 22.0. The second kappa shape index (κ2) is 8.49. The van der Waals surface area contributed by atoms with Crippen molar-refractivity contribution >= 4 is 50.2 Å². The topological polar surface area (TPSA) is 78.5 Å². The molecule has 0 amide bonds.